The molecule has 1 aromatic carbocycles. The number of aryl methyl sites for hydroxylation is 1. The number of ether oxygens (including phenoxy) is 1. The van der Waals surface area contributed by atoms with Crippen molar-refractivity contribution in [3.63, 3.8) is 0 Å². The molecule has 1 fully saturated rings. The molecule has 31 heavy (non-hydrogen) atoms. The second-order valence-corrected chi connectivity index (χ2v) is 8.03. The van der Waals surface area contributed by atoms with Gasteiger partial charge in [-0.25, -0.2) is 4.98 Å². The van der Waals surface area contributed by atoms with Crippen molar-refractivity contribution in [1.29, 1.82) is 0 Å². The molecule has 2 aliphatic rings. The number of nitrogens with one attached hydrogen (secondary N) is 1. The molecular formula is C24H24N6O. The van der Waals surface area contributed by atoms with Crippen molar-refractivity contribution in [3.05, 3.63) is 72.6 Å². The lowest BCUT2D eigenvalue weighted by Crippen LogP contribution is -2.37. The van der Waals surface area contributed by atoms with Gasteiger partial charge in [-0.15, -0.1) is 0 Å². The average Bonchev–Trinajstić information content (AvgIpc) is 3.50. The lowest BCUT2D eigenvalue weighted by atomic mass is 10.0. The summed E-state index contributed by atoms with van der Waals surface area (Å²) < 4.78 is 7.71. The van der Waals surface area contributed by atoms with E-state index in [1.54, 1.807) is 0 Å². The smallest absolute Gasteiger partial charge is 0.161 e. The highest BCUT2D eigenvalue weighted by Gasteiger charge is 2.20. The highest BCUT2D eigenvalue weighted by atomic mass is 16.5. The number of fused-ring (bicyclic) bond motifs is 2. The first-order valence-electron chi connectivity index (χ1n) is 10.7. The minimum Gasteiger partial charge on any atom is -0.378 e. The van der Waals surface area contributed by atoms with E-state index >= 15 is 0 Å². The van der Waals surface area contributed by atoms with Gasteiger partial charge in [-0.2, -0.15) is 5.10 Å². The van der Waals surface area contributed by atoms with Gasteiger partial charge in [0.2, 0.25) is 0 Å². The van der Waals surface area contributed by atoms with Crippen LogP contribution in [-0.4, -0.2) is 57.3 Å². The zero-order valence-electron chi connectivity index (χ0n) is 17.5. The maximum absolute atomic E-state index is 5.52. The van der Waals surface area contributed by atoms with Gasteiger partial charge in [0.1, 0.15) is 0 Å². The number of aromatic nitrogens is 4. The molecule has 0 saturated carbocycles. The summed E-state index contributed by atoms with van der Waals surface area (Å²) in [6, 6.07) is 8.72. The lowest BCUT2D eigenvalue weighted by molar-refractivity contribution is 0.0552. The summed E-state index contributed by atoms with van der Waals surface area (Å²) in [5.41, 5.74) is 7.85. The van der Waals surface area contributed by atoms with Crippen LogP contribution in [0.15, 0.2) is 66.9 Å². The molecule has 0 bridgehead atoms. The van der Waals surface area contributed by atoms with Crippen LogP contribution in [0.3, 0.4) is 0 Å². The first-order chi connectivity index (χ1) is 15.3. The fourth-order valence-electron chi connectivity index (χ4n) is 4.53. The summed E-state index contributed by atoms with van der Waals surface area (Å²) in [6.07, 6.45) is 12.5. The van der Waals surface area contributed by atoms with E-state index < -0.39 is 0 Å². The van der Waals surface area contributed by atoms with Gasteiger partial charge in [0.05, 0.1) is 36.3 Å². The number of imidazole rings is 1. The van der Waals surface area contributed by atoms with Gasteiger partial charge in [0.25, 0.3) is 0 Å². The summed E-state index contributed by atoms with van der Waals surface area (Å²) in [5, 5.41) is 8.37. The number of aromatic amines is 1. The van der Waals surface area contributed by atoms with Crippen molar-refractivity contribution < 1.29 is 4.74 Å². The first kappa shape index (κ1) is 18.2. The van der Waals surface area contributed by atoms with Gasteiger partial charge in [-0.1, -0.05) is 18.2 Å². The molecule has 1 N–H and O–H groups in total. The molecule has 2 aliphatic heterocycles. The molecule has 0 unspecified atom stereocenters. The quantitative estimate of drug-likeness (QED) is 0.556. The van der Waals surface area contributed by atoms with Gasteiger partial charge >= 0.3 is 0 Å². The number of H-pyrrole nitrogens is 1. The summed E-state index contributed by atoms with van der Waals surface area (Å²) >= 11 is 0. The predicted molar refractivity (Wildman–Crippen MR) is 122 cm³/mol. The molecule has 0 atom stereocenters. The molecule has 0 amide bonds. The molecule has 1 saturated heterocycles. The van der Waals surface area contributed by atoms with E-state index in [2.05, 4.69) is 78.9 Å². The van der Waals surface area contributed by atoms with Crippen LogP contribution in [0, 0.1) is 6.92 Å². The van der Waals surface area contributed by atoms with Crippen molar-refractivity contribution in [1.82, 2.24) is 24.5 Å². The summed E-state index contributed by atoms with van der Waals surface area (Å²) in [5.74, 6) is 0. The fraction of sp³-hybridized carbons (Fsp3) is 0.250. The zero-order valence-corrected chi connectivity index (χ0v) is 17.5. The molecule has 7 heteroatoms. The third-order valence-electron chi connectivity index (χ3n) is 6.22. The van der Waals surface area contributed by atoms with Crippen LogP contribution >= 0.6 is 0 Å². The Labute approximate surface area is 180 Å². The van der Waals surface area contributed by atoms with Crippen molar-refractivity contribution in [2.45, 2.75) is 6.92 Å². The number of rotatable bonds is 3. The van der Waals surface area contributed by atoms with Crippen molar-refractivity contribution in [2.75, 3.05) is 37.7 Å². The third kappa shape index (κ3) is 3.09. The number of allylic oxidation sites excluding steroid dienone is 1. The molecule has 7 nitrogen and oxygen atoms in total. The Hall–Kier alpha value is -3.58. The minimum atomic E-state index is 0.778. The monoisotopic (exact) mass is 412 g/mol. The molecule has 3 aromatic heterocycles. The topological polar surface area (TPSA) is 61.7 Å². The molecule has 0 aliphatic carbocycles. The van der Waals surface area contributed by atoms with Crippen LogP contribution in [0.5, 0.6) is 0 Å². The van der Waals surface area contributed by atoms with Crippen LogP contribution in [0.2, 0.25) is 0 Å². The van der Waals surface area contributed by atoms with E-state index in [0.29, 0.717) is 0 Å². The Balaban J connectivity index is 1.47. The van der Waals surface area contributed by atoms with E-state index in [9.17, 15) is 0 Å². The van der Waals surface area contributed by atoms with Crippen LogP contribution in [-0.2, 0) is 4.74 Å². The maximum Gasteiger partial charge on any atom is 0.161 e. The molecule has 0 spiro atoms. The van der Waals surface area contributed by atoms with Crippen LogP contribution in [0.4, 0.5) is 5.69 Å². The van der Waals surface area contributed by atoms with Gasteiger partial charge < -0.3 is 18.9 Å². The number of benzene rings is 1. The number of hydrogen-bond acceptors (Lipinski definition) is 5. The third-order valence-corrected chi connectivity index (χ3v) is 6.22. The van der Waals surface area contributed by atoms with E-state index in [1.165, 1.54) is 17.0 Å². The molecule has 6 rings (SSSR count). The van der Waals surface area contributed by atoms with Crippen molar-refractivity contribution in [3.8, 4) is 11.1 Å². The van der Waals surface area contributed by atoms with Crippen LogP contribution < -0.4 is 4.90 Å². The number of hydrogen-bond donors (Lipinski definition) is 1. The SMILES string of the molecule is Cc1c(-c2ccc3cn[nH]c3c2)cc(N2C=C(N3CCOCC3)C=CC2)c2nccn12. The lowest BCUT2D eigenvalue weighted by Gasteiger charge is -2.33. The normalized spacial score (nSPS) is 17.0. The van der Waals surface area contributed by atoms with Crippen LogP contribution in [0.25, 0.3) is 27.7 Å². The van der Waals surface area contributed by atoms with E-state index in [-0.39, 0.29) is 0 Å². The molecular weight excluding hydrogens is 388 g/mol. The Bertz CT molecular complexity index is 1320. The first-order valence-corrected chi connectivity index (χ1v) is 10.7. The van der Waals surface area contributed by atoms with Crippen LogP contribution in [0.1, 0.15) is 5.69 Å². The molecule has 5 heterocycles. The predicted octanol–water partition coefficient (Wildman–Crippen LogP) is 3.74. The summed E-state index contributed by atoms with van der Waals surface area (Å²) in [7, 11) is 0. The number of pyridine rings is 1. The summed E-state index contributed by atoms with van der Waals surface area (Å²) in [4.78, 5) is 9.37. The molecule has 0 radical (unpaired) electrons. The minimum absolute atomic E-state index is 0.778. The Morgan fingerprint density at radius 2 is 2.03 bits per heavy atom. The second-order valence-electron chi connectivity index (χ2n) is 8.03. The Morgan fingerprint density at radius 3 is 2.94 bits per heavy atom. The largest absolute Gasteiger partial charge is 0.378 e. The number of nitrogens with zero attached hydrogens (tertiary/aromatic N) is 5. The van der Waals surface area contributed by atoms with Gasteiger partial charge in [0, 0.05) is 54.9 Å². The molecule has 4 aromatic rings. The van der Waals surface area contributed by atoms with Gasteiger partial charge in [-0.3, -0.25) is 5.10 Å². The standard InChI is InChI=1S/C24H24N6O/c1-17-21(18-4-5-19-15-26-27-22(19)13-18)14-23(24-25-6-8-30(17)24)29-7-2-3-20(16-29)28-9-11-31-12-10-28/h2-6,8,13-16H,7,9-12H2,1H3,(H,26,27). The van der Waals surface area contributed by atoms with Gasteiger partial charge in [0.15, 0.2) is 5.65 Å². The number of anilines is 1. The van der Waals surface area contributed by atoms with E-state index in [0.717, 1.165) is 60.6 Å². The number of morpholine rings is 1. The Morgan fingerprint density at radius 1 is 1.13 bits per heavy atom. The maximum atomic E-state index is 5.52. The fourth-order valence-corrected chi connectivity index (χ4v) is 4.53. The highest BCUT2D eigenvalue weighted by molar-refractivity contribution is 5.87. The van der Waals surface area contributed by atoms with E-state index in [4.69, 9.17) is 4.74 Å². The summed E-state index contributed by atoms with van der Waals surface area (Å²) in [6.45, 7) is 6.37. The van der Waals surface area contributed by atoms with Crippen molar-refractivity contribution >= 4 is 22.2 Å². The Kier molecular flexibility index (Phi) is 4.28. The van der Waals surface area contributed by atoms with E-state index in [1.807, 2.05) is 18.6 Å². The second kappa shape index (κ2) is 7.28. The molecule has 156 valence electrons. The van der Waals surface area contributed by atoms with Gasteiger partial charge in [-0.05, 0) is 30.7 Å². The zero-order chi connectivity index (χ0) is 20.8. The highest BCUT2D eigenvalue weighted by Crippen LogP contribution is 2.34. The average molecular weight is 412 g/mol. The van der Waals surface area contributed by atoms with Crippen molar-refractivity contribution in [2.24, 2.45) is 0 Å².